The lowest BCUT2D eigenvalue weighted by molar-refractivity contribution is 0.0980. The van der Waals surface area contributed by atoms with Gasteiger partial charge in [0.25, 0.3) is 30.4 Å². The standard InChI is InChI=1S/C29H20ClN7O11S3/c30-27-35-28(33-13-5-7-16(8-6-13)49(40,41)42)37-29(36-27)34-15-9-14(10-17(11-15)50(43,44)45)32-20-12-21(51(46,47)48)24(31)23-22(20)25(38)18-3-1-2-4-19(18)26(23)39/h1-12,32H,31H2,(H,40,41,42)(H,43,44,45)(H,46,47,48)(H2,33,34,35,36,37). The summed E-state index contributed by atoms with van der Waals surface area (Å²) in [5.41, 5.74) is 3.92. The molecule has 0 atom stereocenters. The van der Waals surface area contributed by atoms with Crippen molar-refractivity contribution in [3.05, 3.63) is 100 Å². The minimum absolute atomic E-state index is 0.0309. The molecule has 51 heavy (non-hydrogen) atoms. The van der Waals surface area contributed by atoms with Crippen molar-refractivity contribution >= 4 is 93.9 Å². The van der Waals surface area contributed by atoms with E-state index in [-0.39, 0.29) is 61.5 Å². The van der Waals surface area contributed by atoms with Crippen LogP contribution in [0.5, 0.6) is 0 Å². The van der Waals surface area contributed by atoms with Crippen LogP contribution in [-0.4, -0.2) is 65.4 Å². The van der Waals surface area contributed by atoms with Gasteiger partial charge in [0.2, 0.25) is 17.2 Å². The van der Waals surface area contributed by atoms with Crippen molar-refractivity contribution in [1.29, 1.82) is 0 Å². The van der Waals surface area contributed by atoms with Crippen LogP contribution < -0.4 is 21.7 Å². The maximum atomic E-state index is 13.7. The number of carbonyl (C=O) groups excluding carboxylic acids is 2. The summed E-state index contributed by atoms with van der Waals surface area (Å²) in [4.78, 5) is 37.1. The zero-order valence-corrected chi connectivity index (χ0v) is 28.3. The van der Waals surface area contributed by atoms with Gasteiger partial charge >= 0.3 is 0 Å². The number of nitrogen functional groups attached to an aromatic ring is 1. The molecule has 0 fully saturated rings. The van der Waals surface area contributed by atoms with Gasteiger partial charge in [-0.1, -0.05) is 24.3 Å². The fourth-order valence-corrected chi connectivity index (χ4v) is 6.92. The van der Waals surface area contributed by atoms with Crippen LogP contribution in [0, 0.1) is 0 Å². The molecule has 8 N–H and O–H groups in total. The van der Waals surface area contributed by atoms with Crippen LogP contribution in [0.2, 0.25) is 5.28 Å². The van der Waals surface area contributed by atoms with Crippen LogP contribution >= 0.6 is 11.6 Å². The molecule has 262 valence electrons. The van der Waals surface area contributed by atoms with Crippen LogP contribution in [0.1, 0.15) is 31.8 Å². The van der Waals surface area contributed by atoms with Crippen LogP contribution in [0.15, 0.2) is 87.5 Å². The summed E-state index contributed by atoms with van der Waals surface area (Å²) < 4.78 is 101. The predicted octanol–water partition coefficient (Wildman–Crippen LogP) is 3.85. The van der Waals surface area contributed by atoms with Crippen molar-refractivity contribution in [1.82, 2.24) is 15.0 Å². The van der Waals surface area contributed by atoms with Gasteiger partial charge in [-0.3, -0.25) is 23.2 Å². The zero-order valence-electron chi connectivity index (χ0n) is 25.1. The van der Waals surface area contributed by atoms with Gasteiger partial charge in [0.15, 0.2) is 11.6 Å². The third-order valence-electron chi connectivity index (χ3n) is 7.23. The van der Waals surface area contributed by atoms with Crippen molar-refractivity contribution in [2.45, 2.75) is 14.7 Å². The Morgan fingerprint density at radius 1 is 0.588 bits per heavy atom. The fraction of sp³-hybridized carbons (Fsp3) is 0. The number of nitrogens with one attached hydrogen (secondary N) is 3. The van der Waals surface area contributed by atoms with E-state index >= 15 is 0 Å². The first-order valence-electron chi connectivity index (χ1n) is 13.8. The van der Waals surface area contributed by atoms with Crippen molar-refractivity contribution in [3.63, 3.8) is 0 Å². The number of hydrogen-bond donors (Lipinski definition) is 7. The molecule has 0 unspecified atom stereocenters. The first kappa shape index (κ1) is 35.3. The summed E-state index contributed by atoms with van der Waals surface area (Å²) in [6, 6.07) is 14.4. The van der Waals surface area contributed by atoms with Gasteiger partial charge in [0.1, 0.15) is 4.90 Å². The maximum Gasteiger partial charge on any atom is 0.296 e. The molecule has 4 aromatic carbocycles. The van der Waals surface area contributed by atoms with Gasteiger partial charge in [-0.2, -0.15) is 40.2 Å². The molecule has 5 aromatic rings. The van der Waals surface area contributed by atoms with E-state index in [2.05, 4.69) is 30.9 Å². The second kappa shape index (κ2) is 12.6. The Morgan fingerprint density at radius 3 is 1.63 bits per heavy atom. The lowest BCUT2D eigenvalue weighted by atomic mass is 9.82. The minimum atomic E-state index is -5.08. The summed E-state index contributed by atoms with van der Waals surface area (Å²) in [5, 5.41) is 7.76. The number of benzene rings is 4. The van der Waals surface area contributed by atoms with Crippen LogP contribution in [0.25, 0.3) is 0 Å². The molecule has 1 aliphatic rings. The average molecular weight is 774 g/mol. The molecule has 0 saturated heterocycles. The van der Waals surface area contributed by atoms with Crippen molar-refractivity contribution in [2.75, 3.05) is 21.7 Å². The molecule has 1 aliphatic carbocycles. The Balaban J connectivity index is 1.41. The number of nitrogens with zero attached hydrogens (tertiary/aromatic N) is 3. The summed E-state index contributed by atoms with van der Waals surface area (Å²) in [6.45, 7) is 0. The molecule has 1 aromatic heterocycles. The van der Waals surface area contributed by atoms with E-state index in [9.17, 15) is 48.5 Å². The van der Waals surface area contributed by atoms with Gasteiger partial charge in [-0.25, -0.2) is 0 Å². The topological polar surface area (TPSA) is 298 Å². The second-order valence-corrected chi connectivity index (χ2v) is 15.2. The van der Waals surface area contributed by atoms with Crippen LogP contribution in [-0.2, 0) is 30.4 Å². The minimum Gasteiger partial charge on any atom is -0.397 e. The van der Waals surface area contributed by atoms with E-state index in [0.29, 0.717) is 0 Å². The SMILES string of the molecule is Nc1c(S(=O)(=O)O)cc(Nc2cc(Nc3nc(Cl)nc(Nc4ccc(S(=O)(=O)O)cc4)n3)cc(S(=O)(=O)O)c2)c2c1C(=O)c1ccccc1C2=O. The number of carbonyl (C=O) groups is 2. The highest BCUT2D eigenvalue weighted by Gasteiger charge is 2.36. The highest BCUT2D eigenvalue weighted by atomic mass is 35.5. The summed E-state index contributed by atoms with van der Waals surface area (Å²) >= 11 is 6.06. The van der Waals surface area contributed by atoms with E-state index in [1.54, 1.807) is 0 Å². The number of fused-ring (bicyclic) bond motifs is 2. The van der Waals surface area contributed by atoms with Crippen molar-refractivity contribution in [2.24, 2.45) is 0 Å². The summed E-state index contributed by atoms with van der Waals surface area (Å²) in [6.07, 6.45) is 0. The first-order valence-corrected chi connectivity index (χ1v) is 18.5. The highest BCUT2D eigenvalue weighted by molar-refractivity contribution is 7.86. The fourth-order valence-electron chi connectivity index (χ4n) is 5.08. The third-order valence-corrected chi connectivity index (χ3v) is 10.00. The Kier molecular flexibility index (Phi) is 8.75. The molecule has 0 saturated carbocycles. The highest BCUT2D eigenvalue weighted by Crippen LogP contribution is 2.40. The number of halogens is 1. The predicted molar refractivity (Wildman–Crippen MR) is 181 cm³/mol. The molecule has 0 aliphatic heterocycles. The monoisotopic (exact) mass is 773 g/mol. The molecule has 0 amide bonds. The average Bonchev–Trinajstić information content (AvgIpc) is 3.03. The zero-order chi connectivity index (χ0) is 37.0. The molecule has 18 nitrogen and oxygen atoms in total. The number of nitrogens with two attached hydrogens (primary N) is 1. The largest absolute Gasteiger partial charge is 0.397 e. The van der Waals surface area contributed by atoms with Crippen LogP contribution in [0.4, 0.5) is 40.3 Å². The Hall–Kier alpha value is -5.55. The van der Waals surface area contributed by atoms with E-state index in [1.165, 1.54) is 42.5 Å². The Labute approximate surface area is 293 Å². The van der Waals surface area contributed by atoms with E-state index in [0.717, 1.165) is 30.3 Å². The number of rotatable bonds is 9. The maximum absolute atomic E-state index is 13.7. The normalized spacial score (nSPS) is 12.9. The number of hydrogen-bond acceptors (Lipinski definition) is 15. The molecular weight excluding hydrogens is 754 g/mol. The summed E-state index contributed by atoms with van der Waals surface area (Å²) in [5.74, 6) is -2.00. The van der Waals surface area contributed by atoms with Gasteiger partial charge in [0.05, 0.1) is 32.3 Å². The van der Waals surface area contributed by atoms with Gasteiger partial charge in [0, 0.05) is 28.2 Å². The Bertz CT molecular complexity index is 2660. The number of anilines is 7. The molecule has 6 rings (SSSR count). The van der Waals surface area contributed by atoms with Gasteiger partial charge in [-0.05, 0) is 60.1 Å². The third kappa shape index (κ3) is 7.20. The second-order valence-electron chi connectivity index (χ2n) is 10.6. The molecular formula is C29H20ClN7O11S3. The lowest BCUT2D eigenvalue weighted by Crippen LogP contribution is -2.25. The van der Waals surface area contributed by atoms with E-state index in [4.69, 9.17) is 17.3 Å². The quantitative estimate of drug-likeness (QED) is 0.0810. The van der Waals surface area contributed by atoms with E-state index in [1.807, 2.05) is 0 Å². The molecule has 0 bridgehead atoms. The number of ketones is 2. The van der Waals surface area contributed by atoms with Gasteiger partial charge < -0.3 is 21.7 Å². The van der Waals surface area contributed by atoms with Gasteiger partial charge in [-0.15, -0.1) is 0 Å². The van der Waals surface area contributed by atoms with Crippen molar-refractivity contribution in [3.8, 4) is 0 Å². The lowest BCUT2D eigenvalue weighted by Gasteiger charge is -2.24. The molecule has 0 radical (unpaired) electrons. The Morgan fingerprint density at radius 2 is 1.10 bits per heavy atom. The number of aromatic nitrogens is 3. The smallest absolute Gasteiger partial charge is 0.296 e. The molecule has 22 heteroatoms. The summed E-state index contributed by atoms with van der Waals surface area (Å²) in [7, 11) is -14.5. The van der Waals surface area contributed by atoms with Crippen LogP contribution in [0.3, 0.4) is 0 Å². The molecule has 1 heterocycles. The molecule has 0 spiro atoms. The van der Waals surface area contributed by atoms with Crippen molar-refractivity contribution < 1.29 is 48.5 Å². The first-order chi connectivity index (χ1) is 23.8. The van der Waals surface area contributed by atoms with E-state index < -0.39 is 63.0 Å².